The molecule has 0 unspecified atom stereocenters. The molecule has 0 fully saturated rings. The molecular weight excluding hydrogens is 266 g/mol. The highest BCUT2D eigenvalue weighted by atomic mass is 16.1. The molecule has 0 bridgehead atoms. The number of rotatable bonds is 3. The van der Waals surface area contributed by atoms with Crippen LogP contribution in [0.15, 0.2) is 53.7 Å². The van der Waals surface area contributed by atoms with Crippen LogP contribution in [0.5, 0.6) is 0 Å². The number of carbonyl (C=O) groups excluding carboxylic acids is 2. The lowest BCUT2D eigenvalue weighted by Crippen LogP contribution is -2.28. The van der Waals surface area contributed by atoms with Crippen LogP contribution in [0, 0.1) is 0 Å². The van der Waals surface area contributed by atoms with E-state index in [0.29, 0.717) is 16.8 Å². The minimum absolute atomic E-state index is 0.0600. The van der Waals surface area contributed by atoms with E-state index in [1.807, 2.05) is 18.2 Å². The minimum Gasteiger partial charge on any atom is -0.294 e. The lowest BCUT2D eigenvalue weighted by Gasteiger charge is -2.14. The Labute approximate surface area is 121 Å². The van der Waals surface area contributed by atoms with Gasteiger partial charge in [0.25, 0.3) is 5.82 Å². The monoisotopic (exact) mass is 280 g/mol. The number of aliphatic imine (C=N–C) groups is 1. The van der Waals surface area contributed by atoms with Crippen molar-refractivity contribution in [1.82, 2.24) is 0 Å². The van der Waals surface area contributed by atoms with Crippen molar-refractivity contribution in [2.45, 2.75) is 6.42 Å². The number of nitrogens with zero attached hydrogens (tertiary/aromatic N) is 1. The van der Waals surface area contributed by atoms with Crippen molar-refractivity contribution in [3.8, 4) is 0 Å². The van der Waals surface area contributed by atoms with E-state index in [2.05, 4.69) is 15.3 Å². The molecule has 0 saturated carbocycles. The van der Waals surface area contributed by atoms with Crippen molar-refractivity contribution in [1.29, 1.82) is 0 Å². The number of pyridine rings is 1. The summed E-state index contributed by atoms with van der Waals surface area (Å²) in [5.41, 5.74) is 1.24. The molecule has 0 aliphatic heterocycles. The van der Waals surface area contributed by atoms with E-state index >= 15 is 0 Å². The number of benzene rings is 1. The number of fused-ring (bicyclic) bond motifs is 1. The zero-order valence-electron chi connectivity index (χ0n) is 11.3. The van der Waals surface area contributed by atoms with Gasteiger partial charge in [0, 0.05) is 17.2 Å². The van der Waals surface area contributed by atoms with Crippen LogP contribution in [0.4, 0.5) is 5.82 Å². The Bertz CT molecular complexity index is 723. The van der Waals surface area contributed by atoms with E-state index in [1.165, 1.54) is 0 Å². The molecule has 0 amide bonds. The Hall–Kier alpha value is -2.82. The number of Topliss-reactive ketones (excluding diaryl/α,β-unsaturated/α-hetero) is 2. The normalized spacial score (nSPS) is 15.9. The van der Waals surface area contributed by atoms with E-state index in [-0.39, 0.29) is 24.7 Å². The number of aromatic nitrogens is 1. The summed E-state index contributed by atoms with van der Waals surface area (Å²) in [6.45, 7) is 0.247. The van der Waals surface area contributed by atoms with Crippen molar-refractivity contribution in [2.24, 2.45) is 4.99 Å². The highest BCUT2D eigenvalue weighted by Gasteiger charge is 2.28. The zero-order valence-corrected chi connectivity index (χ0v) is 11.3. The average molecular weight is 280 g/mol. The molecule has 0 radical (unpaired) electrons. The lowest BCUT2D eigenvalue weighted by atomic mass is 9.88. The third-order valence-corrected chi connectivity index (χ3v) is 3.31. The summed E-state index contributed by atoms with van der Waals surface area (Å²) in [6, 6.07) is 12.5. The molecule has 1 aromatic heterocycles. The van der Waals surface area contributed by atoms with Gasteiger partial charge >= 0.3 is 0 Å². The fourth-order valence-corrected chi connectivity index (χ4v) is 2.26. The van der Waals surface area contributed by atoms with Crippen molar-refractivity contribution in [3.63, 3.8) is 0 Å². The van der Waals surface area contributed by atoms with Crippen LogP contribution < -0.4 is 10.3 Å². The summed E-state index contributed by atoms with van der Waals surface area (Å²) in [6.07, 6.45) is 1.86. The number of hydrogen-bond acceptors (Lipinski definition) is 4. The molecule has 1 aliphatic rings. The Balaban J connectivity index is 1.76. The minimum atomic E-state index is -0.163. The number of H-pyrrole nitrogens is 1. The SMILES string of the molecule is O=C1CC(=NCNc2cccc[nH+]2)C(=O)c2ccccc21. The Kier molecular flexibility index (Phi) is 3.55. The summed E-state index contributed by atoms with van der Waals surface area (Å²) in [5.74, 6) is 0.580. The van der Waals surface area contributed by atoms with E-state index in [4.69, 9.17) is 0 Å². The first kappa shape index (κ1) is 13.2. The van der Waals surface area contributed by atoms with Gasteiger partial charge in [-0.25, -0.2) is 9.98 Å². The fourth-order valence-electron chi connectivity index (χ4n) is 2.26. The Morgan fingerprint density at radius 2 is 1.81 bits per heavy atom. The van der Waals surface area contributed by atoms with Crippen LogP contribution in [0.3, 0.4) is 0 Å². The molecule has 5 heteroatoms. The molecule has 0 saturated heterocycles. The van der Waals surface area contributed by atoms with Gasteiger partial charge in [-0.3, -0.25) is 14.9 Å². The maximum Gasteiger partial charge on any atom is 0.273 e. The second kappa shape index (κ2) is 5.66. The predicted octanol–water partition coefficient (Wildman–Crippen LogP) is 1.78. The van der Waals surface area contributed by atoms with Crippen molar-refractivity contribution in [2.75, 3.05) is 12.0 Å². The van der Waals surface area contributed by atoms with Crippen LogP contribution in [0.2, 0.25) is 0 Å². The zero-order chi connectivity index (χ0) is 14.7. The lowest BCUT2D eigenvalue weighted by molar-refractivity contribution is -0.361. The van der Waals surface area contributed by atoms with Crippen LogP contribution in [-0.2, 0) is 0 Å². The summed E-state index contributed by atoms with van der Waals surface area (Å²) >= 11 is 0. The van der Waals surface area contributed by atoms with Gasteiger partial charge in [0.15, 0.2) is 12.5 Å². The maximum absolute atomic E-state index is 12.3. The van der Waals surface area contributed by atoms with Gasteiger partial charge in [0.2, 0.25) is 5.78 Å². The number of aromatic amines is 1. The van der Waals surface area contributed by atoms with Crippen LogP contribution in [0.25, 0.3) is 0 Å². The summed E-state index contributed by atoms with van der Waals surface area (Å²) in [4.78, 5) is 31.5. The molecule has 1 heterocycles. The highest BCUT2D eigenvalue weighted by molar-refractivity contribution is 6.52. The van der Waals surface area contributed by atoms with Gasteiger partial charge in [-0.15, -0.1) is 0 Å². The average Bonchev–Trinajstić information content (AvgIpc) is 2.53. The molecule has 104 valence electrons. The Morgan fingerprint density at radius 3 is 2.57 bits per heavy atom. The molecule has 2 N–H and O–H groups in total. The predicted molar refractivity (Wildman–Crippen MR) is 78.6 cm³/mol. The van der Waals surface area contributed by atoms with E-state index in [0.717, 1.165) is 5.82 Å². The van der Waals surface area contributed by atoms with Gasteiger partial charge in [0.05, 0.1) is 18.3 Å². The number of ketones is 2. The van der Waals surface area contributed by atoms with Gasteiger partial charge in [-0.1, -0.05) is 30.3 Å². The van der Waals surface area contributed by atoms with E-state index in [9.17, 15) is 9.59 Å². The number of hydrogen-bond donors (Lipinski definition) is 1. The molecule has 1 aliphatic carbocycles. The summed E-state index contributed by atoms with van der Waals surface area (Å²) < 4.78 is 0. The van der Waals surface area contributed by atoms with Gasteiger partial charge in [-0.05, 0) is 6.07 Å². The van der Waals surface area contributed by atoms with E-state index < -0.39 is 0 Å². The first-order chi connectivity index (χ1) is 10.3. The van der Waals surface area contributed by atoms with E-state index in [1.54, 1.807) is 30.5 Å². The number of carbonyl (C=O) groups is 2. The Morgan fingerprint density at radius 1 is 1.05 bits per heavy atom. The standard InChI is InChI=1S/C16H13N3O2/c20-14-9-13(16(21)12-6-2-1-5-11(12)14)18-10-19-15-7-3-4-8-17-15/h1-8H,9-10H2,(H,17,19)/p+1. The topological polar surface area (TPSA) is 72.7 Å². The third-order valence-electron chi connectivity index (χ3n) is 3.31. The molecule has 0 spiro atoms. The fraction of sp³-hybridized carbons (Fsp3) is 0.125. The second-order valence-electron chi connectivity index (χ2n) is 4.69. The summed E-state index contributed by atoms with van der Waals surface area (Å²) in [5, 5.41) is 3.04. The van der Waals surface area contributed by atoms with Gasteiger partial charge in [-0.2, -0.15) is 0 Å². The van der Waals surface area contributed by atoms with Crippen molar-refractivity contribution < 1.29 is 14.6 Å². The molecule has 0 atom stereocenters. The molecule has 2 aromatic rings. The maximum atomic E-state index is 12.3. The summed E-state index contributed by atoms with van der Waals surface area (Å²) in [7, 11) is 0. The highest BCUT2D eigenvalue weighted by Crippen LogP contribution is 2.19. The van der Waals surface area contributed by atoms with Crippen molar-refractivity contribution in [3.05, 3.63) is 59.8 Å². The molecule has 1 aromatic carbocycles. The molecule has 3 rings (SSSR count). The van der Waals surface area contributed by atoms with Gasteiger partial charge in [0.1, 0.15) is 0 Å². The third kappa shape index (κ3) is 2.72. The molecule has 21 heavy (non-hydrogen) atoms. The van der Waals surface area contributed by atoms with Crippen LogP contribution in [-0.4, -0.2) is 23.9 Å². The first-order valence-corrected chi connectivity index (χ1v) is 6.66. The molecule has 5 nitrogen and oxygen atoms in total. The second-order valence-corrected chi connectivity index (χ2v) is 4.69. The number of nitrogens with one attached hydrogen (secondary N) is 2. The van der Waals surface area contributed by atoms with Crippen LogP contribution in [0.1, 0.15) is 27.1 Å². The molecular formula is C16H14N3O2+. The smallest absolute Gasteiger partial charge is 0.273 e. The number of anilines is 1. The quantitative estimate of drug-likeness (QED) is 0.931. The van der Waals surface area contributed by atoms with Crippen LogP contribution >= 0.6 is 0 Å². The van der Waals surface area contributed by atoms with Gasteiger partial charge < -0.3 is 0 Å². The van der Waals surface area contributed by atoms with Crippen molar-refractivity contribution >= 4 is 23.1 Å². The largest absolute Gasteiger partial charge is 0.294 e. The first-order valence-electron chi connectivity index (χ1n) is 6.66.